The number of carbonyl (C=O) groups is 2. The average molecular weight is 417 g/mol. The van der Waals surface area contributed by atoms with Crippen molar-refractivity contribution in [3.8, 4) is 5.75 Å². The summed E-state index contributed by atoms with van der Waals surface area (Å²) < 4.78 is 5.44. The summed E-state index contributed by atoms with van der Waals surface area (Å²) in [6.07, 6.45) is 0. The Labute approximate surface area is 175 Å². The molecule has 2 aromatic carbocycles. The number of ether oxygens (including phenoxy) is 1. The quantitative estimate of drug-likeness (QED) is 0.706. The topological polar surface area (TPSA) is 73.9 Å². The van der Waals surface area contributed by atoms with Crippen molar-refractivity contribution in [3.63, 3.8) is 0 Å². The van der Waals surface area contributed by atoms with Crippen LogP contribution in [0.3, 0.4) is 0 Å². The Kier molecular flexibility index (Phi) is 7.32. The van der Waals surface area contributed by atoms with E-state index in [1.54, 1.807) is 31.4 Å². The molecule has 0 aliphatic carbocycles. The van der Waals surface area contributed by atoms with Gasteiger partial charge < -0.3 is 20.3 Å². The molecule has 29 heavy (non-hydrogen) atoms. The Morgan fingerprint density at radius 3 is 2.41 bits per heavy atom. The van der Waals surface area contributed by atoms with Gasteiger partial charge in [0.2, 0.25) is 0 Å². The highest BCUT2D eigenvalue weighted by molar-refractivity contribution is 6.41. The van der Waals surface area contributed by atoms with Crippen LogP contribution in [0.15, 0.2) is 48.5 Å². The Balaban J connectivity index is 1.40. The van der Waals surface area contributed by atoms with Gasteiger partial charge >= 0.3 is 11.8 Å². The molecule has 1 heterocycles. The van der Waals surface area contributed by atoms with E-state index in [0.717, 1.165) is 37.6 Å². The van der Waals surface area contributed by atoms with Crippen LogP contribution >= 0.6 is 11.6 Å². The third kappa shape index (κ3) is 5.62. The van der Waals surface area contributed by atoms with Crippen molar-refractivity contribution in [3.05, 3.63) is 53.6 Å². The standard InChI is InChI=1S/C21H25ClN4O3/c1-29-19-9-5-4-8-18(19)26-14-12-25(13-15-26)11-10-23-20(27)21(28)24-17-7-3-2-6-16(17)22/h2-9H,10-15H2,1H3,(H,23,27)(H,24,28). The number of halogens is 1. The molecule has 0 radical (unpaired) electrons. The minimum atomic E-state index is -0.723. The van der Waals surface area contributed by atoms with Crippen LogP contribution < -0.4 is 20.3 Å². The lowest BCUT2D eigenvalue weighted by molar-refractivity contribution is -0.136. The number of anilines is 2. The summed E-state index contributed by atoms with van der Waals surface area (Å²) >= 11 is 5.99. The molecule has 0 bridgehead atoms. The number of carbonyl (C=O) groups excluding carboxylic acids is 2. The van der Waals surface area contributed by atoms with Crippen LogP contribution in [0.4, 0.5) is 11.4 Å². The normalized spacial score (nSPS) is 14.3. The van der Waals surface area contributed by atoms with Crippen LogP contribution in [0.2, 0.25) is 5.02 Å². The van der Waals surface area contributed by atoms with Gasteiger partial charge in [-0.3, -0.25) is 14.5 Å². The average Bonchev–Trinajstić information content (AvgIpc) is 2.75. The number of benzene rings is 2. The molecule has 0 unspecified atom stereocenters. The van der Waals surface area contributed by atoms with Crippen LogP contribution in [0.25, 0.3) is 0 Å². The van der Waals surface area contributed by atoms with Crippen LogP contribution in [-0.4, -0.2) is 63.1 Å². The van der Waals surface area contributed by atoms with Crippen LogP contribution in [0.1, 0.15) is 0 Å². The van der Waals surface area contributed by atoms with Crippen molar-refractivity contribution >= 4 is 34.8 Å². The second-order valence-corrected chi connectivity index (χ2v) is 7.10. The highest BCUT2D eigenvalue weighted by atomic mass is 35.5. The molecule has 1 aliphatic heterocycles. The molecule has 8 heteroatoms. The molecular weight excluding hydrogens is 392 g/mol. The van der Waals surface area contributed by atoms with E-state index in [-0.39, 0.29) is 0 Å². The van der Waals surface area contributed by atoms with Crippen LogP contribution in [0, 0.1) is 0 Å². The summed E-state index contributed by atoms with van der Waals surface area (Å²) in [4.78, 5) is 28.6. The number of amides is 2. The molecule has 154 valence electrons. The number of nitrogens with one attached hydrogen (secondary N) is 2. The molecule has 1 fully saturated rings. The van der Waals surface area contributed by atoms with E-state index < -0.39 is 11.8 Å². The second kappa shape index (κ2) is 10.1. The Morgan fingerprint density at radius 2 is 1.69 bits per heavy atom. The number of piperazine rings is 1. The Bertz CT molecular complexity index is 853. The lowest BCUT2D eigenvalue weighted by Crippen LogP contribution is -2.49. The van der Waals surface area contributed by atoms with Gasteiger partial charge in [-0.2, -0.15) is 0 Å². The van der Waals surface area contributed by atoms with Gasteiger partial charge in [-0.1, -0.05) is 35.9 Å². The molecule has 7 nitrogen and oxygen atoms in total. The van der Waals surface area contributed by atoms with Gasteiger partial charge in [-0.25, -0.2) is 0 Å². The molecule has 1 aliphatic rings. The molecule has 0 saturated carbocycles. The van der Waals surface area contributed by atoms with Gasteiger partial charge in [-0.05, 0) is 24.3 Å². The molecular formula is C21H25ClN4O3. The zero-order valence-corrected chi connectivity index (χ0v) is 17.1. The first kappa shape index (κ1) is 21.0. The van der Waals surface area contributed by atoms with E-state index in [4.69, 9.17) is 16.3 Å². The maximum atomic E-state index is 12.0. The molecule has 0 aromatic heterocycles. The zero-order chi connectivity index (χ0) is 20.6. The molecule has 2 amide bonds. The lowest BCUT2D eigenvalue weighted by Gasteiger charge is -2.36. The first-order valence-corrected chi connectivity index (χ1v) is 9.90. The van der Waals surface area contributed by atoms with Gasteiger partial charge in [0, 0.05) is 39.3 Å². The maximum Gasteiger partial charge on any atom is 0.313 e. The SMILES string of the molecule is COc1ccccc1N1CCN(CCNC(=O)C(=O)Nc2ccccc2Cl)CC1. The van der Waals surface area contributed by atoms with Crippen molar-refractivity contribution in [2.45, 2.75) is 0 Å². The Hall–Kier alpha value is -2.77. The minimum Gasteiger partial charge on any atom is -0.495 e. The fraction of sp³-hybridized carbons (Fsp3) is 0.333. The molecule has 0 spiro atoms. The monoisotopic (exact) mass is 416 g/mol. The van der Waals surface area contributed by atoms with Crippen LogP contribution in [-0.2, 0) is 9.59 Å². The molecule has 3 rings (SSSR count). The third-order valence-corrected chi connectivity index (χ3v) is 5.17. The minimum absolute atomic E-state index is 0.390. The van der Waals surface area contributed by atoms with E-state index in [9.17, 15) is 9.59 Å². The molecule has 2 aromatic rings. The van der Waals surface area contributed by atoms with E-state index in [2.05, 4.69) is 26.5 Å². The summed E-state index contributed by atoms with van der Waals surface area (Å²) in [6.45, 7) is 4.59. The predicted octanol–water partition coefficient (Wildman–Crippen LogP) is 2.23. The van der Waals surface area contributed by atoms with Crippen molar-refractivity contribution in [2.24, 2.45) is 0 Å². The van der Waals surface area contributed by atoms with E-state index >= 15 is 0 Å². The number of hydrogen-bond acceptors (Lipinski definition) is 5. The van der Waals surface area contributed by atoms with Crippen molar-refractivity contribution < 1.29 is 14.3 Å². The smallest absolute Gasteiger partial charge is 0.313 e. The molecule has 0 atom stereocenters. The zero-order valence-electron chi connectivity index (χ0n) is 16.4. The van der Waals surface area contributed by atoms with Gasteiger partial charge in [-0.15, -0.1) is 0 Å². The Morgan fingerprint density at radius 1 is 1.00 bits per heavy atom. The fourth-order valence-corrected chi connectivity index (χ4v) is 3.44. The first-order valence-electron chi connectivity index (χ1n) is 9.52. The van der Waals surface area contributed by atoms with Gasteiger partial charge in [0.1, 0.15) is 5.75 Å². The first-order chi connectivity index (χ1) is 14.1. The van der Waals surface area contributed by atoms with Crippen LogP contribution in [0.5, 0.6) is 5.75 Å². The van der Waals surface area contributed by atoms with Crippen molar-refractivity contribution in [2.75, 3.05) is 56.6 Å². The van der Waals surface area contributed by atoms with Gasteiger partial charge in [0.05, 0.1) is 23.5 Å². The number of para-hydroxylation sites is 3. The van der Waals surface area contributed by atoms with Gasteiger partial charge in [0.15, 0.2) is 0 Å². The summed E-state index contributed by atoms with van der Waals surface area (Å²) in [6, 6.07) is 14.8. The maximum absolute atomic E-state index is 12.0. The summed E-state index contributed by atoms with van der Waals surface area (Å²) in [5.74, 6) is -0.519. The highest BCUT2D eigenvalue weighted by Gasteiger charge is 2.20. The number of rotatable bonds is 6. The number of methoxy groups -OCH3 is 1. The van der Waals surface area contributed by atoms with Gasteiger partial charge in [0.25, 0.3) is 0 Å². The summed E-state index contributed by atoms with van der Waals surface area (Å²) in [5.41, 5.74) is 1.51. The molecule has 2 N–H and O–H groups in total. The number of hydrogen-bond donors (Lipinski definition) is 2. The largest absolute Gasteiger partial charge is 0.495 e. The molecule has 1 saturated heterocycles. The van der Waals surface area contributed by atoms with E-state index in [0.29, 0.717) is 23.8 Å². The number of nitrogens with zero attached hydrogens (tertiary/aromatic N) is 2. The highest BCUT2D eigenvalue weighted by Crippen LogP contribution is 2.28. The summed E-state index contributed by atoms with van der Waals surface area (Å²) in [5, 5.41) is 5.57. The van der Waals surface area contributed by atoms with E-state index in [1.807, 2.05) is 18.2 Å². The fourth-order valence-electron chi connectivity index (χ4n) is 3.25. The predicted molar refractivity (Wildman–Crippen MR) is 115 cm³/mol. The van der Waals surface area contributed by atoms with Crippen molar-refractivity contribution in [1.82, 2.24) is 10.2 Å². The third-order valence-electron chi connectivity index (χ3n) is 4.84. The van der Waals surface area contributed by atoms with Crippen molar-refractivity contribution in [1.29, 1.82) is 0 Å². The second-order valence-electron chi connectivity index (χ2n) is 6.69. The summed E-state index contributed by atoms with van der Waals surface area (Å²) in [7, 11) is 1.68. The lowest BCUT2D eigenvalue weighted by atomic mass is 10.2. The van der Waals surface area contributed by atoms with E-state index in [1.165, 1.54) is 0 Å².